The molecule has 2 atom stereocenters. The van der Waals surface area contributed by atoms with Crippen molar-refractivity contribution < 1.29 is 14.0 Å². The van der Waals surface area contributed by atoms with Crippen LogP contribution in [0, 0.1) is 5.82 Å². The predicted octanol–water partition coefficient (Wildman–Crippen LogP) is 5.68. The third-order valence-corrected chi connectivity index (χ3v) is 6.43. The van der Waals surface area contributed by atoms with Gasteiger partial charge in [-0.15, -0.1) is 11.8 Å². The normalized spacial score (nSPS) is 12.8. The number of hydrogen-bond acceptors (Lipinski definition) is 3. The topological polar surface area (TPSA) is 49.4 Å². The van der Waals surface area contributed by atoms with Crippen LogP contribution in [-0.2, 0) is 16.1 Å². The highest BCUT2D eigenvalue weighted by Crippen LogP contribution is 2.22. The Morgan fingerprint density at radius 2 is 1.81 bits per heavy atom. The van der Waals surface area contributed by atoms with Crippen molar-refractivity contribution in [2.75, 3.05) is 5.75 Å². The van der Waals surface area contributed by atoms with Crippen LogP contribution in [0.5, 0.6) is 0 Å². The molecule has 0 radical (unpaired) electrons. The van der Waals surface area contributed by atoms with Crippen molar-refractivity contribution >= 4 is 35.2 Å². The second-order valence-electron chi connectivity index (χ2n) is 7.51. The van der Waals surface area contributed by atoms with Gasteiger partial charge in [-0.2, -0.15) is 0 Å². The van der Waals surface area contributed by atoms with Crippen LogP contribution >= 0.6 is 23.4 Å². The second kappa shape index (κ2) is 12.7. The first-order chi connectivity index (χ1) is 14.8. The first kappa shape index (κ1) is 25.2. The van der Waals surface area contributed by atoms with Gasteiger partial charge in [0.15, 0.2) is 0 Å². The molecule has 4 nitrogen and oxygen atoms in total. The summed E-state index contributed by atoms with van der Waals surface area (Å²) in [4.78, 5) is 28.2. The standard InChI is InChI=1S/C24H30ClFN2O2S/c1-4-17(2)27-24(30)18(3)28(16-19-8-5-6-9-22(19)26)23(29)10-7-15-31-21-13-11-20(25)12-14-21/h5-6,8-9,11-14,17-18H,4,7,10,15-16H2,1-3H3,(H,27,30)/t17-,18-/m1/s1. The minimum Gasteiger partial charge on any atom is -0.352 e. The lowest BCUT2D eigenvalue weighted by Gasteiger charge is -2.30. The Bertz CT molecular complexity index is 863. The van der Waals surface area contributed by atoms with Crippen LogP contribution in [0.1, 0.15) is 45.6 Å². The maximum atomic E-state index is 14.2. The highest BCUT2D eigenvalue weighted by Gasteiger charge is 2.27. The molecular weight excluding hydrogens is 435 g/mol. The van der Waals surface area contributed by atoms with E-state index in [1.54, 1.807) is 36.9 Å². The van der Waals surface area contributed by atoms with E-state index in [0.717, 1.165) is 17.1 Å². The maximum Gasteiger partial charge on any atom is 0.242 e. The van der Waals surface area contributed by atoms with Gasteiger partial charge in [0.1, 0.15) is 11.9 Å². The van der Waals surface area contributed by atoms with E-state index in [4.69, 9.17) is 11.6 Å². The lowest BCUT2D eigenvalue weighted by molar-refractivity contribution is -0.140. The summed E-state index contributed by atoms with van der Waals surface area (Å²) in [6.07, 6.45) is 1.73. The molecule has 0 heterocycles. The number of hydrogen-bond donors (Lipinski definition) is 1. The van der Waals surface area contributed by atoms with E-state index in [9.17, 15) is 14.0 Å². The van der Waals surface area contributed by atoms with Gasteiger partial charge in [0.2, 0.25) is 11.8 Å². The molecule has 2 rings (SSSR count). The molecule has 0 bridgehead atoms. The van der Waals surface area contributed by atoms with Gasteiger partial charge in [-0.3, -0.25) is 9.59 Å². The van der Waals surface area contributed by atoms with Crippen LogP contribution < -0.4 is 5.32 Å². The van der Waals surface area contributed by atoms with E-state index < -0.39 is 6.04 Å². The van der Waals surface area contributed by atoms with E-state index in [0.29, 0.717) is 17.0 Å². The fourth-order valence-corrected chi connectivity index (χ4v) is 3.93. The smallest absolute Gasteiger partial charge is 0.242 e. The van der Waals surface area contributed by atoms with Gasteiger partial charge in [0.25, 0.3) is 0 Å². The Labute approximate surface area is 193 Å². The van der Waals surface area contributed by atoms with Gasteiger partial charge in [-0.05, 0) is 62.8 Å². The molecule has 1 N–H and O–H groups in total. The van der Waals surface area contributed by atoms with Crippen molar-refractivity contribution in [3.63, 3.8) is 0 Å². The fraction of sp³-hybridized carbons (Fsp3) is 0.417. The van der Waals surface area contributed by atoms with E-state index in [1.165, 1.54) is 11.0 Å². The maximum absolute atomic E-state index is 14.2. The van der Waals surface area contributed by atoms with Gasteiger partial charge >= 0.3 is 0 Å². The third-order valence-electron chi connectivity index (χ3n) is 5.08. The zero-order valence-corrected chi connectivity index (χ0v) is 19.8. The third kappa shape index (κ3) is 8.19. The molecule has 168 valence electrons. The van der Waals surface area contributed by atoms with Crippen LogP contribution in [0.3, 0.4) is 0 Å². The summed E-state index contributed by atoms with van der Waals surface area (Å²) in [5.41, 5.74) is 0.398. The van der Waals surface area contributed by atoms with Crippen molar-refractivity contribution in [1.29, 1.82) is 0 Å². The number of halogens is 2. The Morgan fingerprint density at radius 1 is 1.13 bits per heavy atom. The molecule has 0 saturated heterocycles. The van der Waals surface area contributed by atoms with E-state index in [2.05, 4.69) is 5.32 Å². The number of benzene rings is 2. The average molecular weight is 465 g/mol. The van der Waals surface area contributed by atoms with E-state index >= 15 is 0 Å². The largest absolute Gasteiger partial charge is 0.352 e. The zero-order chi connectivity index (χ0) is 22.8. The van der Waals surface area contributed by atoms with Crippen LogP contribution in [0.2, 0.25) is 5.02 Å². The molecule has 0 fully saturated rings. The molecule has 0 aliphatic heterocycles. The lowest BCUT2D eigenvalue weighted by atomic mass is 10.1. The number of nitrogens with zero attached hydrogens (tertiary/aromatic N) is 1. The summed E-state index contributed by atoms with van der Waals surface area (Å²) in [6, 6.07) is 13.2. The number of carbonyl (C=O) groups is 2. The zero-order valence-electron chi connectivity index (χ0n) is 18.2. The van der Waals surface area contributed by atoms with Gasteiger partial charge in [0.05, 0.1) is 0 Å². The molecular formula is C24H30ClFN2O2S. The summed E-state index contributed by atoms with van der Waals surface area (Å²) in [5.74, 6) is -0.0107. The van der Waals surface area contributed by atoms with Gasteiger partial charge in [-0.25, -0.2) is 4.39 Å². The summed E-state index contributed by atoms with van der Waals surface area (Å²) >= 11 is 7.55. The second-order valence-corrected chi connectivity index (χ2v) is 9.12. The molecule has 0 saturated carbocycles. The highest BCUT2D eigenvalue weighted by atomic mass is 35.5. The molecule has 0 aromatic heterocycles. The molecule has 31 heavy (non-hydrogen) atoms. The van der Waals surface area contributed by atoms with E-state index in [1.807, 2.05) is 38.1 Å². The van der Waals surface area contributed by atoms with Crippen LogP contribution in [0.4, 0.5) is 4.39 Å². The number of nitrogens with one attached hydrogen (secondary N) is 1. The van der Waals surface area contributed by atoms with Crippen LogP contribution in [0.25, 0.3) is 0 Å². The van der Waals surface area contributed by atoms with Gasteiger partial charge in [0, 0.05) is 34.5 Å². The van der Waals surface area contributed by atoms with Crippen molar-refractivity contribution in [3.8, 4) is 0 Å². The number of amides is 2. The Hall–Kier alpha value is -2.05. The number of thioether (sulfide) groups is 1. The molecule has 0 spiro atoms. The first-order valence-corrected chi connectivity index (χ1v) is 11.9. The number of carbonyl (C=O) groups excluding carboxylic acids is 2. The quantitative estimate of drug-likeness (QED) is 0.343. The molecule has 2 amide bonds. The van der Waals surface area contributed by atoms with Crippen molar-refractivity contribution in [3.05, 3.63) is 64.9 Å². The predicted molar refractivity (Wildman–Crippen MR) is 126 cm³/mol. The molecule has 7 heteroatoms. The minimum absolute atomic E-state index is 0.0103. The van der Waals surface area contributed by atoms with Crippen molar-refractivity contribution in [2.45, 2.75) is 63.6 Å². The summed E-state index contributed by atoms with van der Waals surface area (Å²) in [6.45, 7) is 5.65. The van der Waals surface area contributed by atoms with Crippen LogP contribution in [0.15, 0.2) is 53.4 Å². The molecule has 2 aromatic carbocycles. The Morgan fingerprint density at radius 3 is 2.45 bits per heavy atom. The van der Waals surface area contributed by atoms with Gasteiger partial charge < -0.3 is 10.2 Å². The summed E-state index contributed by atoms with van der Waals surface area (Å²) < 4.78 is 14.2. The Balaban J connectivity index is 2.01. The Kier molecular flexibility index (Phi) is 10.3. The molecule has 0 aliphatic rings. The highest BCUT2D eigenvalue weighted by molar-refractivity contribution is 7.99. The van der Waals surface area contributed by atoms with Crippen LogP contribution in [-0.4, -0.2) is 34.6 Å². The minimum atomic E-state index is -0.690. The fourth-order valence-electron chi connectivity index (χ4n) is 2.95. The summed E-state index contributed by atoms with van der Waals surface area (Å²) in [5, 5.41) is 3.60. The SMILES string of the molecule is CC[C@@H](C)NC(=O)[C@@H](C)N(Cc1ccccc1F)C(=O)CCCSc1ccc(Cl)cc1. The summed E-state index contributed by atoms with van der Waals surface area (Å²) in [7, 11) is 0. The van der Waals surface area contributed by atoms with Crippen molar-refractivity contribution in [1.82, 2.24) is 10.2 Å². The van der Waals surface area contributed by atoms with E-state index in [-0.39, 0.29) is 36.6 Å². The molecule has 0 unspecified atom stereocenters. The average Bonchev–Trinajstić information content (AvgIpc) is 2.76. The van der Waals surface area contributed by atoms with Gasteiger partial charge in [-0.1, -0.05) is 36.7 Å². The lowest BCUT2D eigenvalue weighted by Crippen LogP contribution is -2.49. The monoisotopic (exact) mass is 464 g/mol. The first-order valence-electron chi connectivity index (χ1n) is 10.5. The van der Waals surface area contributed by atoms with Crippen molar-refractivity contribution in [2.24, 2.45) is 0 Å². The number of rotatable bonds is 11. The molecule has 0 aliphatic carbocycles. The molecule has 2 aromatic rings.